The molecule has 0 radical (unpaired) electrons. The summed E-state index contributed by atoms with van der Waals surface area (Å²) in [5.74, 6) is 0. The molecule has 0 saturated heterocycles. The van der Waals surface area contributed by atoms with Gasteiger partial charge in [-0.25, -0.2) is 0 Å². The van der Waals surface area contributed by atoms with Crippen molar-refractivity contribution in [2.45, 2.75) is 26.2 Å². The van der Waals surface area contributed by atoms with Gasteiger partial charge >= 0.3 is 84.3 Å². The second kappa shape index (κ2) is 2.97. The Morgan fingerprint density at radius 1 is 1.15 bits per heavy atom. The van der Waals surface area contributed by atoms with Gasteiger partial charge in [-0.2, -0.15) is 0 Å². The zero-order chi connectivity index (χ0) is 9.47. The molecular formula is C11H13NSe. The molecule has 0 amide bonds. The summed E-state index contributed by atoms with van der Waals surface area (Å²) in [5, 5.41) is 0. The van der Waals surface area contributed by atoms with Crippen LogP contribution in [-0.2, 0) is 5.41 Å². The predicted octanol–water partition coefficient (Wildman–Crippen LogP) is 2.59. The molecule has 13 heavy (non-hydrogen) atoms. The van der Waals surface area contributed by atoms with E-state index in [0.29, 0.717) is 14.5 Å². The zero-order valence-corrected chi connectivity index (χ0v) is 9.88. The first-order valence-electron chi connectivity index (χ1n) is 4.43. The third kappa shape index (κ3) is 1.70. The third-order valence-electron chi connectivity index (χ3n) is 1.94. The minimum absolute atomic E-state index is 0.235. The number of fused-ring (bicyclic) bond motifs is 1. The molecule has 0 aliphatic rings. The fourth-order valence-electron chi connectivity index (χ4n) is 1.19. The van der Waals surface area contributed by atoms with E-state index >= 15 is 0 Å². The molecule has 0 unspecified atom stereocenters. The van der Waals surface area contributed by atoms with Crippen LogP contribution >= 0.6 is 0 Å². The van der Waals surface area contributed by atoms with E-state index in [-0.39, 0.29) is 5.41 Å². The summed E-state index contributed by atoms with van der Waals surface area (Å²) in [7, 11) is 0. The average Bonchev–Trinajstić information content (AvgIpc) is 2.45. The topological polar surface area (TPSA) is 12.9 Å². The number of rotatable bonds is 0. The Bertz CT molecular complexity index is 390. The molecule has 0 spiro atoms. The first kappa shape index (κ1) is 8.98. The molecular weight excluding hydrogens is 225 g/mol. The Morgan fingerprint density at radius 2 is 1.85 bits per heavy atom. The molecule has 2 rings (SSSR count). The van der Waals surface area contributed by atoms with Crippen molar-refractivity contribution in [2.75, 3.05) is 0 Å². The second-order valence-electron chi connectivity index (χ2n) is 4.24. The molecule has 1 aromatic heterocycles. The maximum absolute atomic E-state index is 4.67. The van der Waals surface area contributed by atoms with Crippen LogP contribution in [0.5, 0.6) is 0 Å². The molecule has 2 heteroatoms. The molecule has 0 atom stereocenters. The van der Waals surface area contributed by atoms with E-state index < -0.39 is 0 Å². The summed E-state index contributed by atoms with van der Waals surface area (Å²) < 4.78 is 2.79. The van der Waals surface area contributed by atoms with Gasteiger partial charge in [0.25, 0.3) is 0 Å². The van der Waals surface area contributed by atoms with Crippen molar-refractivity contribution in [1.82, 2.24) is 4.98 Å². The fraction of sp³-hybridized carbons (Fsp3) is 0.364. The molecule has 0 saturated carbocycles. The van der Waals surface area contributed by atoms with Crippen molar-refractivity contribution in [2.24, 2.45) is 0 Å². The van der Waals surface area contributed by atoms with Crippen LogP contribution < -0.4 is 0 Å². The number of benzene rings is 1. The normalized spacial score (nSPS) is 12.2. The summed E-state index contributed by atoms with van der Waals surface area (Å²) in [6.45, 7) is 6.71. The van der Waals surface area contributed by atoms with Crippen LogP contribution in [0.1, 0.15) is 25.3 Å². The number of para-hydroxylation sites is 1. The molecule has 0 fully saturated rings. The summed E-state index contributed by atoms with van der Waals surface area (Å²) >= 11 is 0.453. The monoisotopic (exact) mass is 239 g/mol. The molecule has 1 aromatic carbocycles. The van der Waals surface area contributed by atoms with Crippen LogP contribution in [0.15, 0.2) is 24.3 Å². The number of hydrogen-bond acceptors (Lipinski definition) is 1. The standard InChI is InChI=1S/C11H13NSe/c1-11(2,3)10-12-8-6-4-5-7-9(8)13-10/h4-7H,1-3H3. The zero-order valence-electron chi connectivity index (χ0n) is 8.16. The molecule has 0 bridgehead atoms. The number of aromatic nitrogens is 1. The minimum atomic E-state index is 0.235. The van der Waals surface area contributed by atoms with Gasteiger partial charge in [-0.15, -0.1) is 0 Å². The number of nitrogens with zero attached hydrogens (tertiary/aromatic N) is 1. The Labute approximate surface area is 84.5 Å². The Morgan fingerprint density at radius 3 is 2.46 bits per heavy atom. The van der Waals surface area contributed by atoms with Gasteiger partial charge in [-0.1, -0.05) is 0 Å². The van der Waals surface area contributed by atoms with Crippen LogP contribution in [0, 0.1) is 0 Å². The van der Waals surface area contributed by atoms with E-state index in [0.717, 1.165) is 0 Å². The average molecular weight is 238 g/mol. The van der Waals surface area contributed by atoms with Crippen molar-refractivity contribution in [3.63, 3.8) is 0 Å². The summed E-state index contributed by atoms with van der Waals surface area (Å²) in [6.07, 6.45) is 0. The Balaban J connectivity index is 2.63. The van der Waals surface area contributed by atoms with Crippen molar-refractivity contribution >= 4 is 24.3 Å². The van der Waals surface area contributed by atoms with E-state index in [9.17, 15) is 0 Å². The van der Waals surface area contributed by atoms with E-state index in [1.54, 1.807) is 0 Å². The van der Waals surface area contributed by atoms with Crippen LogP contribution in [0.3, 0.4) is 0 Å². The van der Waals surface area contributed by atoms with E-state index in [4.69, 9.17) is 0 Å². The van der Waals surface area contributed by atoms with E-state index in [2.05, 4.69) is 50.0 Å². The van der Waals surface area contributed by atoms with Gasteiger partial charge in [0.1, 0.15) is 0 Å². The van der Waals surface area contributed by atoms with Gasteiger partial charge in [0.15, 0.2) is 0 Å². The second-order valence-corrected chi connectivity index (χ2v) is 6.40. The molecule has 1 nitrogen and oxygen atoms in total. The van der Waals surface area contributed by atoms with Crippen molar-refractivity contribution < 1.29 is 0 Å². The van der Waals surface area contributed by atoms with Gasteiger partial charge < -0.3 is 0 Å². The SMILES string of the molecule is CC(C)(C)c1nc2ccccc2[se]1. The van der Waals surface area contributed by atoms with Gasteiger partial charge in [0, 0.05) is 0 Å². The third-order valence-corrected chi connectivity index (χ3v) is 5.00. The predicted molar refractivity (Wildman–Crippen MR) is 57.4 cm³/mol. The Hall–Kier alpha value is -0.591. The van der Waals surface area contributed by atoms with Crippen LogP contribution in [0.2, 0.25) is 0 Å². The van der Waals surface area contributed by atoms with Gasteiger partial charge in [-0.05, 0) is 0 Å². The quantitative estimate of drug-likeness (QED) is 0.643. The van der Waals surface area contributed by atoms with E-state index in [1.807, 2.05) is 0 Å². The molecule has 1 heterocycles. The van der Waals surface area contributed by atoms with Crippen molar-refractivity contribution in [3.8, 4) is 0 Å². The van der Waals surface area contributed by atoms with E-state index in [1.165, 1.54) is 14.3 Å². The van der Waals surface area contributed by atoms with Crippen LogP contribution in [0.4, 0.5) is 0 Å². The Kier molecular flexibility index (Phi) is 2.05. The molecule has 0 N–H and O–H groups in total. The number of hydrogen-bond donors (Lipinski definition) is 0. The maximum atomic E-state index is 4.67. The summed E-state index contributed by atoms with van der Waals surface area (Å²) in [5.41, 5.74) is 1.42. The molecule has 0 aliphatic heterocycles. The van der Waals surface area contributed by atoms with Crippen LogP contribution in [0.25, 0.3) is 9.78 Å². The summed E-state index contributed by atoms with van der Waals surface area (Å²) in [4.78, 5) is 4.67. The summed E-state index contributed by atoms with van der Waals surface area (Å²) in [6, 6.07) is 8.46. The van der Waals surface area contributed by atoms with Gasteiger partial charge in [0.2, 0.25) is 0 Å². The molecule has 68 valence electrons. The van der Waals surface area contributed by atoms with Crippen molar-refractivity contribution in [3.05, 3.63) is 28.8 Å². The first-order valence-corrected chi connectivity index (χ1v) is 6.15. The van der Waals surface area contributed by atoms with Gasteiger partial charge in [-0.3, -0.25) is 0 Å². The molecule has 2 aromatic rings. The van der Waals surface area contributed by atoms with Gasteiger partial charge in [0.05, 0.1) is 0 Å². The fourth-order valence-corrected chi connectivity index (χ4v) is 3.34. The molecule has 0 aliphatic carbocycles. The first-order chi connectivity index (χ1) is 6.07. The van der Waals surface area contributed by atoms with Crippen LogP contribution in [-0.4, -0.2) is 19.5 Å². The van der Waals surface area contributed by atoms with Crippen molar-refractivity contribution in [1.29, 1.82) is 0 Å².